The summed E-state index contributed by atoms with van der Waals surface area (Å²) in [5.41, 5.74) is 18.2. The van der Waals surface area contributed by atoms with Gasteiger partial charge in [0.05, 0.1) is 16.9 Å². The largest absolute Gasteiger partial charge is 0.310 e. The molecule has 0 spiro atoms. The number of hydrogen-bond donors (Lipinski definition) is 0. The van der Waals surface area contributed by atoms with Crippen LogP contribution in [0.5, 0.6) is 0 Å². The molecule has 0 unspecified atom stereocenters. The molecule has 2 nitrogen and oxygen atoms in total. The van der Waals surface area contributed by atoms with Crippen LogP contribution >= 0.6 is 0 Å². The van der Waals surface area contributed by atoms with Crippen molar-refractivity contribution in [2.24, 2.45) is 0 Å². The van der Waals surface area contributed by atoms with Crippen LogP contribution in [0.15, 0.2) is 231 Å². The first-order chi connectivity index (χ1) is 33.0. The van der Waals surface area contributed by atoms with Gasteiger partial charge in [-0.2, -0.15) is 0 Å². The molecule has 1 aliphatic carbocycles. The molecule has 0 aliphatic heterocycles. The Morgan fingerprint density at radius 1 is 0.418 bits per heavy atom. The van der Waals surface area contributed by atoms with E-state index in [2.05, 4.69) is 266 Å². The molecule has 0 radical (unpaired) electrons. The minimum Gasteiger partial charge on any atom is -0.310 e. The Labute approximate surface area is 391 Å². The van der Waals surface area contributed by atoms with Gasteiger partial charge in [-0.3, -0.25) is 0 Å². The third kappa shape index (κ3) is 6.25. The van der Waals surface area contributed by atoms with Crippen molar-refractivity contribution in [1.29, 1.82) is 0 Å². The molecule has 2 heteroatoms. The SMILES string of the molecule is CC1(C)c2cc(C=Cc3ccc(N(c4ccccc4)c4ccc5ccc6cccc7ccc4c5c67)cc3)ccc2-c2cc3c(-c4ccccc4)c(-c4ccccc4)n(-c4ccccc4)c3cc21. The smallest absolute Gasteiger partial charge is 0.0619 e. The summed E-state index contributed by atoms with van der Waals surface area (Å²) in [6.45, 7) is 4.78. The van der Waals surface area contributed by atoms with Crippen LogP contribution in [0, 0.1) is 0 Å². The van der Waals surface area contributed by atoms with Gasteiger partial charge in [0.25, 0.3) is 0 Å². The maximum Gasteiger partial charge on any atom is 0.0619 e. The summed E-state index contributed by atoms with van der Waals surface area (Å²) >= 11 is 0. The van der Waals surface area contributed by atoms with Gasteiger partial charge >= 0.3 is 0 Å². The molecule has 1 aliphatic rings. The first-order valence-electron chi connectivity index (χ1n) is 23.3. The maximum atomic E-state index is 2.48. The van der Waals surface area contributed by atoms with E-state index < -0.39 is 0 Å². The lowest BCUT2D eigenvalue weighted by atomic mass is 9.81. The van der Waals surface area contributed by atoms with E-state index in [0.29, 0.717) is 0 Å². The van der Waals surface area contributed by atoms with Gasteiger partial charge in [0.2, 0.25) is 0 Å². The molecule has 0 N–H and O–H groups in total. The van der Waals surface area contributed by atoms with Gasteiger partial charge in [0.1, 0.15) is 0 Å². The average Bonchev–Trinajstić information content (AvgIpc) is 3.83. The Bertz CT molecular complexity index is 3830. The van der Waals surface area contributed by atoms with Crippen molar-refractivity contribution in [2.75, 3.05) is 4.90 Å². The number of para-hydroxylation sites is 2. The molecule has 0 bridgehead atoms. The van der Waals surface area contributed by atoms with Gasteiger partial charge in [0.15, 0.2) is 0 Å². The molecule has 13 rings (SSSR count). The zero-order valence-corrected chi connectivity index (χ0v) is 37.5. The molecule has 0 amide bonds. The number of rotatable bonds is 8. The normalized spacial score (nSPS) is 13.0. The second-order valence-corrected chi connectivity index (χ2v) is 18.5. The topological polar surface area (TPSA) is 8.17 Å². The summed E-state index contributed by atoms with van der Waals surface area (Å²) < 4.78 is 2.48. The first-order valence-corrected chi connectivity index (χ1v) is 23.3. The molecule has 316 valence electrons. The monoisotopic (exact) mass is 854 g/mol. The third-order valence-electron chi connectivity index (χ3n) is 14.3. The van der Waals surface area contributed by atoms with Crippen LogP contribution in [0.1, 0.15) is 36.1 Å². The fourth-order valence-corrected chi connectivity index (χ4v) is 11.1. The molecule has 1 aromatic heterocycles. The zero-order valence-electron chi connectivity index (χ0n) is 37.5. The summed E-state index contributed by atoms with van der Waals surface area (Å²) in [4.78, 5) is 2.40. The Balaban J connectivity index is 0.877. The highest BCUT2D eigenvalue weighted by Crippen LogP contribution is 2.53. The molecule has 1 heterocycles. The predicted molar refractivity (Wildman–Crippen MR) is 285 cm³/mol. The molecule has 0 atom stereocenters. The molecule has 11 aromatic carbocycles. The molecule has 0 saturated heterocycles. The predicted octanol–water partition coefficient (Wildman–Crippen LogP) is 17.8. The highest BCUT2D eigenvalue weighted by Gasteiger charge is 2.37. The lowest BCUT2D eigenvalue weighted by molar-refractivity contribution is 0.661. The lowest BCUT2D eigenvalue weighted by Crippen LogP contribution is -2.15. The second-order valence-electron chi connectivity index (χ2n) is 18.5. The highest BCUT2D eigenvalue weighted by molar-refractivity contribution is 6.25. The van der Waals surface area contributed by atoms with Gasteiger partial charge < -0.3 is 9.47 Å². The molecule has 0 fully saturated rings. The number of aromatic nitrogens is 1. The minimum absolute atomic E-state index is 0.206. The first kappa shape index (κ1) is 39.0. The van der Waals surface area contributed by atoms with Gasteiger partial charge in [-0.1, -0.05) is 202 Å². The number of anilines is 3. The number of nitrogens with zero attached hydrogens (tertiary/aromatic N) is 2. The fourth-order valence-electron chi connectivity index (χ4n) is 11.1. The quantitative estimate of drug-likeness (QED) is 0.109. The van der Waals surface area contributed by atoms with Crippen molar-refractivity contribution in [2.45, 2.75) is 19.3 Å². The van der Waals surface area contributed by atoms with E-state index in [0.717, 1.165) is 22.6 Å². The van der Waals surface area contributed by atoms with Crippen molar-refractivity contribution in [3.8, 4) is 39.2 Å². The molecule has 12 aromatic rings. The summed E-state index contributed by atoms with van der Waals surface area (Å²) in [6, 6.07) is 84.6. The van der Waals surface area contributed by atoms with Crippen LogP contribution in [-0.2, 0) is 5.41 Å². The van der Waals surface area contributed by atoms with Gasteiger partial charge in [-0.15, -0.1) is 0 Å². The molecule has 67 heavy (non-hydrogen) atoms. The van der Waals surface area contributed by atoms with Crippen LogP contribution < -0.4 is 4.90 Å². The van der Waals surface area contributed by atoms with Crippen molar-refractivity contribution in [3.05, 3.63) is 253 Å². The average molecular weight is 855 g/mol. The van der Waals surface area contributed by atoms with E-state index >= 15 is 0 Å². The Morgan fingerprint density at radius 3 is 1.70 bits per heavy atom. The Kier molecular flexibility index (Phi) is 8.91. The van der Waals surface area contributed by atoms with E-state index in [9.17, 15) is 0 Å². The van der Waals surface area contributed by atoms with Crippen LogP contribution in [-0.4, -0.2) is 4.57 Å². The molecular formula is C65H46N2. The number of fused-ring (bicyclic) bond motifs is 4. The summed E-state index contributed by atoms with van der Waals surface area (Å²) in [5.74, 6) is 0. The number of benzene rings is 11. The highest BCUT2D eigenvalue weighted by atomic mass is 15.1. The Hall–Kier alpha value is -8.46. The lowest BCUT2D eigenvalue weighted by Gasteiger charge is -2.27. The summed E-state index contributed by atoms with van der Waals surface area (Å²) in [7, 11) is 0. The van der Waals surface area contributed by atoms with Crippen LogP contribution in [0.25, 0.3) is 94.6 Å². The third-order valence-corrected chi connectivity index (χ3v) is 14.3. The van der Waals surface area contributed by atoms with Gasteiger partial charge in [-0.05, 0) is 126 Å². The van der Waals surface area contributed by atoms with Gasteiger partial charge in [0, 0.05) is 38.8 Å². The van der Waals surface area contributed by atoms with Crippen molar-refractivity contribution in [1.82, 2.24) is 4.57 Å². The second kappa shape index (κ2) is 15.3. The van der Waals surface area contributed by atoms with Crippen LogP contribution in [0.3, 0.4) is 0 Å². The van der Waals surface area contributed by atoms with Crippen LogP contribution in [0.2, 0.25) is 0 Å². The summed E-state index contributed by atoms with van der Waals surface area (Å²) in [5, 5.41) is 8.97. The maximum absolute atomic E-state index is 2.48. The van der Waals surface area contributed by atoms with Crippen molar-refractivity contribution in [3.63, 3.8) is 0 Å². The minimum atomic E-state index is -0.206. The Morgan fingerprint density at radius 2 is 0.985 bits per heavy atom. The molecular weight excluding hydrogens is 809 g/mol. The van der Waals surface area contributed by atoms with E-state index in [1.54, 1.807) is 0 Å². The van der Waals surface area contributed by atoms with Gasteiger partial charge in [-0.25, -0.2) is 0 Å². The standard InChI is InChI=1S/C65H46N2/c1-65(2)57-40-44(27-26-43-28-35-52(36-29-43)66(50-22-11-5-12-23-50)59-39-34-48-32-31-46-20-15-21-47-33-38-54(59)62(48)61(46)47)30-37-53(57)55-41-56-60(42-58(55)65)67(51-24-13-6-14-25-51)64(49-18-9-4-10-19-49)63(56)45-16-7-3-8-17-45/h3-42H,1-2H3. The van der Waals surface area contributed by atoms with E-state index in [4.69, 9.17) is 0 Å². The van der Waals surface area contributed by atoms with Crippen molar-refractivity contribution < 1.29 is 0 Å². The van der Waals surface area contributed by atoms with Crippen LogP contribution in [0.4, 0.5) is 17.1 Å². The molecule has 0 saturated carbocycles. The summed E-state index contributed by atoms with van der Waals surface area (Å²) in [6.07, 6.45) is 4.52. The fraction of sp³-hybridized carbons (Fsp3) is 0.0462. The van der Waals surface area contributed by atoms with E-state index in [1.165, 1.54) is 99.1 Å². The van der Waals surface area contributed by atoms with Crippen molar-refractivity contribution >= 4 is 72.4 Å². The van der Waals surface area contributed by atoms with E-state index in [1.807, 2.05) is 0 Å². The zero-order chi connectivity index (χ0) is 44.6. The van der Waals surface area contributed by atoms with E-state index in [-0.39, 0.29) is 5.41 Å². The number of hydrogen-bond acceptors (Lipinski definition) is 1.